The van der Waals surface area contributed by atoms with Crippen molar-refractivity contribution in [2.75, 3.05) is 6.54 Å². The lowest BCUT2D eigenvalue weighted by atomic mass is 9.93. The van der Waals surface area contributed by atoms with Gasteiger partial charge >= 0.3 is 0 Å². The summed E-state index contributed by atoms with van der Waals surface area (Å²) in [6.07, 6.45) is 3.75. The number of benzene rings is 1. The SMILES string of the molecule is CC1(C)N=CC2=CNN(CC(=O)c3ccccc3)C(Br)=C21. The molecule has 2 heterocycles. The van der Waals surface area contributed by atoms with Gasteiger partial charge < -0.3 is 5.43 Å². The van der Waals surface area contributed by atoms with Crippen molar-refractivity contribution in [3.63, 3.8) is 0 Å². The minimum absolute atomic E-state index is 0.0641. The number of hydrogen-bond acceptors (Lipinski definition) is 4. The molecule has 108 valence electrons. The second-order valence-electron chi connectivity index (χ2n) is 5.59. The first-order chi connectivity index (χ1) is 9.99. The number of hydrogen-bond donors (Lipinski definition) is 1. The quantitative estimate of drug-likeness (QED) is 0.676. The van der Waals surface area contributed by atoms with Gasteiger partial charge in [0.2, 0.25) is 0 Å². The standard InChI is InChI=1S/C16H16BrN3O/c1-16(2)14-12(8-18-16)9-19-20(15(14)17)10-13(21)11-6-4-3-5-7-11/h3-9,19H,10H2,1-2H3. The lowest BCUT2D eigenvalue weighted by molar-refractivity contribution is 0.0937. The van der Waals surface area contributed by atoms with Crippen LogP contribution in [0.3, 0.4) is 0 Å². The summed E-state index contributed by atoms with van der Waals surface area (Å²) in [5.41, 5.74) is 5.72. The smallest absolute Gasteiger partial charge is 0.184 e. The van der Waals surface area contributed by atoms with Gasteiger partial charge in [-0.05, 0) is 29.8 Å². The first-order valence-electron chi connectivity index (χ1n) is 6.77. The molecule has 0 saturated heterocycles. The Hall–Kier alpha value is -1.88. The maximum absolute atomic E-state index is 12.3. The summed E-state index contributed by atoms with van der Waals surface area (Å²) in [6, 6.07) is 9.31. The van der Waals surface area contributed by atoms with Crippen LogP contribution in [0.2, 0.25) is 0 Å². The average molecular weight is 346 g/mol. The van der Waals surface area contributed by atoms with Gasteiger partial charge in [0.1, 0.15) is 11.2 Å². The van der Waals surface area contributed by atoms with E-state index in [2.05, 4.69) is 40.2 Å². The number of Topliss-reactive ketones (excluding diaryl/α,β-unsaturated/α-hetero) is 1. The van der Waals surface area contributed by atoms with E-state index in [0.29, 0.717) is 5.56 Å². The van der Waals surface area contributed by atoms with Gasteiger partial charge in [-0.25, -0.2) is 0 Å². The Morgan fingerprint density at radius 1 is 1.33 bits per heavy atom. The van der Waals surface area contributed by atoms with Gasteiger partial charge in [0.25, 0.3) is 0 Å². The summed E-state index contributed by atoms with van der Waals surface area (Å²) >= 11 is 3.61. The number of hydrazine groups is 1. The van der Waals surface area contributed by atoms with Crippen molar-refractivity contribution in [3.8, 4) is 0 Å². The maximum atomic E-state index is 12.3. The number of halogens is 1. The molecule has 21 heavy (non-hydrogen) atoms. The summed E-state index contributed by atoms with van der Waals surface area (Å²) in [7, 11) is 0. The molecule has 0 fully saturated rings. The number of rotatable bonds is 3. The molecule has 0 unspecified atom stereocenters. The number of ketones is 1. The number of aliphatic imine (C=N–C) groups is 1. The summed E-state index contributed by atoms with van der Waals surface area (Å²) in [6.45, 7) is 4.38. The van der Waals surface area contributed by atoms with Crippen LogP contribution in [0.25, 0.3) is 0 Å². The van der Waals surface area contributed by atoms with Crippen LogP contribution < -0.4 is 5.43 Å². The summed E-state index contributed by atoms with van der Waals surface area (Å²) in [4.78, 5) is 16.8. The van der Waals surface area contributed by atoms with Crippen LogP contribution in [0.15, 0.2) is 57.3 Å². The second-order valence-corrected chi connectivity index (χ2v) is 6.34. The lowest BCUT2D eigenvalue weighted by Gasteiger charge is -2.32. The molecule has 3 rings (SSSR count). The normalized spacial score (nSPS) is 19.2. The zero-order valence-corrected chi connectivity index (χ0v) is 13.5. The Balaban J connectivity index is 1.83. The van der Waals surface area contributed by atoms with Crippen LogP contribution in [0.4, 0.5) is 0 Å². The van der Waals surface area contributed by atoms with Crippen molar-refractivity contribution in [2.24, 2.45) is 4.99 Å². The van der Waals surface area contributed by atoms with E-state index in [1.165, 1.54) is 0 Å². The highest BCUT2D eigenvalue weighted by molar-refractivity contribution is 9.11. The van der Waals surface area contributed by atoms with Gasteiger partial charge in [-0.15, -0.1) is 0 Å². The first-order valence-corrected chi connectivity index (χ1v) is 7.56. The third-order valence-corrected chi connectivity index (χ3v) is 4.47. The minimum atomic E-state index is -0.277. The highest BCUT2D eigenvalue weighted by Gasteiger charge is 2.35. The monoisotopic (exact) mass is 345 g/mol. The fourth-order valence-electron chi connectivity index (χ4n) is 2.51. The van der Waals surface area contributed by atoms with Crippen molar-refractivity contribution < 1.29 is 4.79 Å². The van der Waals surface area contributed by atoms with Crippen LogP contribution in [-0.2, 0) is 0 Å². The van der Waals surface area contributed by atoms with E-state index in [0.717, 1.165) is 15.8 Å². The molecule has 1 N–H and O–H groups in total. The molecule has 0 atom stereocenters. The van der Waals surface area contributed by atoms with Gasteiger partial charge in [-0.2, -0.15) is 0 Å². The Morgan fingerprint density at radius 2 is 2.05 bits per heavy atom. The number of carbonyl (C=O) groups is 1. The molecule has 0 saturated carbocycles. The Bertz CT molecular complexity index is 674. The fraction of sp³-hybridized carbons (Fsp3) is 0.250. The van der Waals surface area contributed by atoms with Gasteiger partial charge in [-0.3, -0.25) is 14.8 Å². The summed E-state index contributed by atoms with van der Waals surface area (Å²) in [5, 5.41) is 1.81. The first kappa shape index (κ1) is 14.1. The predicted octanol–water partition coefficient (Wildman–Crippen LogP) is 3.04. The van der Waals surface area contributed by atoms with Gasteiger partial charge in [0, 0.05) is 29.1 Å². The largest absolute Gasteiger partial charge is 0.304 e. The molecule has 0 spiro atoms. The molecule has 0 aromatic heterocycles. The highest BCUT2D eigenvalue weighted by Crippen LogP contribution is 2.38. The van der Waals surface area contributed by atoms with Crippen molar-refractivity contribution in [3.05, 3.63) is 57.8 Å². The molecule has 0 radical (unpaired) electrons. The van der Waals surface area contributed by atoms with Gasteiger partial charge in [0.15, 0.2) is 5.78 Å². The van der Waals surface area contributed by atoms with E-state index >= 15 is 0 Å². The molecule has 1 aromatic rings. The molecule has 5 heteroatoms. The zero-order valence-electron chi connectivity index (χ0n) is 11.9. The molecule has 0 aliphatic carbocycles. The Kier molecular flexibility index (Phi) is 3.45. The van der Waals surface area contributed by atoms with Crippen LogP contribution in [0.5, 0.6) is 0 Å². The summed E-state index contributed by atoms with van der Waals surface area (Å²) < 4.78 is 0.867. The van der Waals surface area contributed by atoms with E-state index in [1.54, 1.807) is 0 Å². The van der Waals surface area contributed by atoms with Crippen molar-refractivity contribution in [1.82, 2.24) is 10.4 Å². The Morgan fingerprint density at radius 3 is 2.76 bits per heavy atom. The molecule has 0 amide bonds. The minimum Gasteiger partial charge on any atom is -0.304 e. The third kappa shape index (κ3) is 2.53. The zero-order chi connectivity index (χ0) is 15.0. The highest BCUT2D eigenvalue weighted by atomic mass is 79.9. The van der Waals surface area contributed by atoms with Crippen molar-refractivity contribution in [1.29, 1.82) is 0 Å². The topological polar surface area (TPSA) is 44.7 Å². The fourth-order valence-corrected chi connectivity index (χ4v) is 3.45. The molecule has 1 aromatic carbocycles. The molecule has 2 aliphatic rings. The number of nitrogens with zero attached hydrogens (tertiary/aromatic N) is 2. The molecule has 2 aliphatic heterocycles. The maximum Gasteiger partial charge on any atom is 0.184 e. The van der Waals surface area contributed by atoms with Crippen LogP contribution in [0, 0.1) is 0 Å². The van der Waals surface area contributed by atoms with Crippen molar-refractivity contribution >= 4 is 27.9 Å². The number of nitrogens with one attached hydrogen (secondary N) is 1. The lowest BCUT2D eigenvalue weighted by Crippen LogP contribution is -2.41. The molecular formula is C16H16BrN3O. The average Bonchev–Trinajstić information content (AvgIpc) is 2.79. The summed E-state index contributed by atoms with van der Waals surface area (Å²) in [5.74, 6) is 0.0641. The van der Waals surface area contributed by atoms with E-state index in [1.807, 2.05) is 47.8 Å². The van der Waals surface area contributed by atoms with E-state index in [9.17, 15) is 4.79 Å². The van der Waals surface area contributed by atoms with Crippen molar-refractivity contribution in [2.45, 2.75) is 19.4 Å². The molecule has 0 bridgehead atoms. The Labute approximate surface area is 132 Å². The number of carbonyl (C=O) groups excluding carboxylic acids is 1. The van der Waals surface area contributed by atoms with Crippen LogP contribution >= 0.6 is 15.9 Å². The van der Waals surface area contributed by atoms with E-state index in [4.69, 9.17) is 0 Å². The molecule has 4 nitrogen and oxygen atoms in total. The predicted molar refractivity (Wildman–Crippen MR) is 87.2 cm³/mol. The second kappa shape index (κ2) is 5.15. The van der Waals surface area contributed by atoms with Crippen LogP contribution in [0.1, 0.15) is 24.2 Å². The van der Waals surface area contributed by atoms with Gasteiger partial charge in [0.05, 0.1) is 5.54 Å². The van der Waals surface area contributed by atoms with Gasteiger partial charge in [-0.1, -0.05) is 30.3 Å². The third-order valence-electron chi connectivity index (χ3n) is 3.64. The van der Waals surface area contributed by atoms with E-state index in [-0.39, 0.29) is 17.9 Å². The van der Waals surface area contributed by atoms with E-state index < -0.39 is 0 Å². The molecular weight excluding hydrogens is 330 g/mol. The number of fused-ring (bicyclic) bond motifs is 1. The van der Waals surface area contributed by atoms with Crippen LogP contribution in [-0.4, -0.2) is 29.1 Å².